The van der Waals surface area contributed by atoms with Crippen LogP contribution in [0.3, 0.4) is 0 Å². The molecule has 0 saturated heterocycles. The summed E-state index contributed by atoms with van der Waals surface area (Å²) >= 11 is 6.13. The van der Waals surface area contributed by atoms with Gasteiger partial charge in [0.15, 0.2) is 9.84 Å². The lowest BCUT2D eigenvalue weighted by Gasteiger charge is -2.12. The minimum absolute atomic E-state index is 0.0360. The summed E-state index contributed by atoms with van der Waals surface area (Å²) in [6.45, 7) is 1.48. The number of sulfone groups is 1. The average Bonchev–Trinajstić information content (AvgIpc) is 2.95. The number of carboxylic acid groups (broad SMARTS) is 1. The third kappa shape index (κ3) is 3.30. The molecule has 2 rings (SSSR count). The summed E-state index contributed by atoms with van der Waals surface area (Å²) in [6, 6.07) is 4.30. The maximum Gasteiger partial charge on any atom is 0.337 e. The van der Waals surface area contributed by atoms with Gasteiger partial charge in [-0.2, -0.15) is 5.26 Å². The first-order valence-corrected chi connectivity index (χ1v) is 8.73. The zero-order valence-corrected chi connectivity index (χ0v) is 13.7. The molecule has 0 aromatic heterocycles. The number of carbonyl (C=O) groups is 1. The van der Waals surface area contributed by atoms with Crippen molar-refractivity contribution in [1.29, 1.82) is 5.26 Å². The molecule has 0 radical (unpaired) electrons. The SMILES string of the molecule is CCS(=O)(=O)c1ccc(C(=O)O)c(Cl)c1C1=NOC(CC#N)C1. The second kappa shape index (κ2) is 6.56. The Labute approximate surface area is 138 Å². The number of carboxylic acids is 1. The second-order valence-corrected chi connectivity index (χ2v) is 7.47. The van der Waals surface area contributed by atoms with Crippen LogP contribution in [-0.4, -0.2) is 37.1 Å². The van der Waals surface area contributed by atoms with Crippen molar-refractivity contribution in [3.63, 3.8) is 0 Å². The van der Waals surface area contributed by atoms with Gasteiger partial charge in [-0.25, -0.2) is 13.2 Å². The maximum atomic E-state index is 12.3. The molecule has 1 heterocycles. The number of hydrogen-bond acceptors (Lipinski definition) is 6. The van der Waals surface area contributed by atoms with Crippen molar-refractivity contribution < 1.29 is 23.2 Å². The van der Waals surface area contributed by atoms with Crippen molar-refractivity contribution in [3.05, 3.63) is 28.3 Å². The lowest BCUT2D eigenvalue weighted by Crippen LogP contribution is -2.15. The predicted octanol–water partition coefficient (Wildman–Crippen LogP) is 2.24. The van der Waals surface area contributed by atoms with E-state index in [1.807, 2.05) is 6.07 Å². The van der Waals surface area contributed by atoms with Crippen molar-refractivity contribution in [2.75, 3.05) is 5.75 Å². The summed E-state index contributed by atoms with van der Waals surface area (Å²) in [5.74, 6) is -1.44. The third-order valence-electron chi connectivity index (χ3n) is 3.39. The normalized spacial score (nSPS) is 17.3. The highest BCUT2D eigenvalue weighted by Crippen LogP contribution is 2.32. The van der Waals surface area contributed by atoms with Crippen LogP contribution in [0.1, 0.15) is 35.7 Å². The van der Waals surface area contributed by atoms with Crippen LogP contribution in [0.25, 0.3) is 0 Å². The Morgan fingerprint density at radius 2 is 2.26 bits per heavy atom. The molecule has 122 valence electrons. The second-order valence-electron chi connectivity index (χ2n) is 4.84. The Bertz CT molecular complexity index is 826. The van der Waals surface area contributed by atoms with Crippen LogP contribution in [-0.2, 0) is 14.7 Å². The van der Waals surface area contributed by atoms with E-state index in [-0.39, 0.29) is 45.4 Å². The van der Waals surface area contributed by atoms with Crippen molar-refractivity contribution in [3.8, 4) is 6.07 Å². The summed E-state index contributed by atoms with van der Waals surface area (Å²) in [4.78, 5) is 16.2. The van der Waals surface area contributed by atoms with Crippen LogP contribution in [0.2, 0.25) is 5.02 Å². The number of halogens is 1. The van der Waals surface area contributed by atoms with E-state index >= 15 is 0 Å². The molecule has 1 N–H and O–H groups in total. The largest absolute Gasteiger partial charge is 0.478 e. The Morgan fingerprint density at radius 3 is 2.83 bits per heavy atom. The van der Waals surface area contributed by atoms with E-state index in [4.69, 9.17) is 21.7 Å². The first-order chi connectivity index (χ1) is 10.8. The van der Waals surface area contributed by atoms with E-state index in [9.17, 15) is 18.3 Å². The quantitative estimate of drug-likeness (QED) is 0.864. The molecule has 0 aliphatic carbocycles. The smallest absolute Gasteiger partial charge is 0.337 e. The zero-order chi connectivity index (χ0) is 17.2. The van der Waals surface area contributed by atoms with Gasteiger partial charge in [-0.3, -0.25) is 0 Å². The molecule has 0 saturated carbocycles. The van der Waals surface area contributed by atoms with Crippen LogP contribution in [0.15, 0.2) is 22.2 Å². The Kier molecular flexibility index (Phi) is 4.92. The van der Waals surface area contributed by atoms with Crippen LogP contribution in [0.5, 0.6) is 0 Å². The van der Waals surface area contributed by atoms with E-state index in [1.54, 1.807) is 0 Å². The van der Waals surface area contributed by atoms with Crippen molar-refractivity contribution in [2.45, 2.75) is 30.8 Å². The van der Waals surface area contributed by atoms with Gasteiger partial charge in [0.1, 0.15) is 6.10 Å². The van der Waals surface area contributed by atoms with Gasteiger partial charge < -0.3 is 9.94 Å². The lowest BCUT2D eigenvalue weighted by atomic mass is 10.0. The number of nitrogens with zero attached hydrogens (tertiary/aromatic N) is 2. The lowest BCUT2D eigenvalue weighted by molar-refractivity contribution is 0.0697. The van der Waals surface area contributed by atoms with Crippen molar-refractivity contribution in [2.24, 2.45) is 5.16 Å². The Morgan fingerprint density at radius 1 is 1.57 bits per heavy atom. The Hall–Kier alpha value is -2.11. The van der Waals surface area contributed by atoms with Crippen LogP contribution in [0.4, 0.5) is 0 Å². The van der Waals surface area contributed by atoms with E-state index in [0.717, 1.165) is 6.07 Å². The highest BCUT2D eigenvalue weighted by Gasteiger charge is 2.31. The van der Waals surface area contributed by atoms with E-state index in [0.29, 0.717) is 0 Å². The number of rotatable bonds is 5. The first kappa shape index (κ1) is 17.2. The minimum atomic E-state index is -3.64. The average molecular weight is 357 g/mol. The number of oxime groups is 1. The van der Waals surface area contributed by atoms with Crippen molar-refractivity contribution >= 4 is 33.1 Å². The number of hydrogen-bond donors (Lipinski definition) is 1. The topological polar surface area (TPSA) is 117 Å². The highest BCUT2D eigenvalue weighted by atomic mass is 35.5. The maximum absolute atomic E-state index is 12.3. The molecule has 0 bridgehead atoms. The summed E-state index contributed by atoms with van der Waals surface area (Å²) in [5, 5.41) is 21.5. The van der Waals surface area contributed by atoms with E-state index < -0.39 is 21.9 Å². The van der Waals surface area contributed by atoms with Crippen LogP contribution < -0.4 is 0 Å². The number of nitriles is 1. The third-order valence-corrected chi connectivity index (χ3v) is 5.55. The molecule has 9 heteroatoms. The molecule has 1 aromatic carbocycles. The molecule has 1 aromatic rings. The van der Waals surface area contributed by atoms with E-state index in [2.05, 4.69) is 5.16 Å². The van der Waals surface area contributed by atoms with Gasteiger partial charge in [-0.05, 0) is 12.1 Å². The Balaban J connectivity index is 2.62. The molecule has 1 atom stereocenters. The van der Waals surface area contributed by atoms with Gasteiger partial charge >= 0.3 is 5.97 Å². The van der Waals surface area contributed by atoms with E-state index in [1.165, 1.54) is 13.0 Å². The fourth-order valence-corrected chi connectivity index (χ4v) is 3.72. The highest BCUT2D eigenvalue weighted by molar-refractivity contribution is 7.91. The number of benzene rings is 1. The summed E-state index contributed by atoms with van der Waals surface area (Å²) in [5.41, 5.74) is 0.0439. The van der Waals surface area contributed by atoms with Crippen LogP contribution >= 0.6 is 11.6 Å². The van der Waals surface area contributed by atoms with Crippen molar-refractivity contribution in [1.82, 2.24) is 0 Å². The molecular weight excluding hydrogens is 344 g/mol. The molecular formula is C14H13ClN2O5S. The molecule has 0 amide bonds. The predicted molar refractivity (Wildman–Crippen MR) is 82.4 cm³/mol. The fraction of sp³-hybridized carbons (Fsp3) is 0.357. The van der Waals surface area contributed by atoms with Gasteiger partial charge in [0.2, 0.25) is 0 Å². The number of aromatic carboxylic acids is 1. The summed E-state index contributed by atoms with van der Waals surface area (Å²) in [7, 11) is -3.64. The van der Waals surface area contributed by atoms with Gasteiger partial charge in [-0.1, -0.05) is 23.7 Å². The minimum Gasteiger partial charge on any atom is -0.478 e. The summed E-state index contributed by atoms with van der Waals surface area (Å²) < 4.78 is 24.5. The monoisotopic (exact) mass is 356 g/mol. The standard InChI is InChI=1S/C14H13ClN2O5S/c1-2-23(20,21)11-4-3-9(14(18)19)13(15)12(11)10-7-8(5-6-16)22-17-10/h3-4,8H,2,5,7H2,1H3,(H,18,19). The fourth-order valence-electron chi connectivity index (χ4n) is 2.19. The molecule has 0 fully saturated rings. The molecule has 0 spiro atoms. The van der Waals surface area contributed by atoms with Gasteiger partial charge in [0.25, 0.3) is 0 Å². The first-order valence-electron chi connectivity index (χ1n) is 6.70. The molecule has 1 unspecified atom stereocenters. The molecule has 1 aliphatic heterocycles. The van der Waals surface area contributed by atoms with Gasteiger partial charge in [0.05, 0.1) is 39.4 Å². The molecule has 1 aliphatic rings. The van der Waals surface area contributed by atoms with Gasteiger partial charge in [0, 0.05) is 12.0 Å². The zero-order valence-electron chi connectivity index (χ0n) is 12.1. The molecule has 23 heavy (non-hydrogen) atoms. The van der Waals surface area contributed by atoms with Gasteiger partial charge in [-0.15, -0.1) is 0 Å². The molecule has 7 nitrogen and oxygen atoms in total. The summed E-state index contributed by atoms with van der Waals surface area (Å²) in [6.07, 6.45) is -0.237. The van der Waals surface area contributed by atoms with Crippen LogP contribution in [0, 0.1) is 11.3 Å².